The molecule has 0 aromatic heterocycles. The Morgan fingerprint density at radius 2 is 1.40 bits per heavy atom. The van der Waals surface area contributed by atoms with Crippen LogP contribution in [-0.2, 0) is 4.79 Å². The summed E-state index contributed by atoms with van der Waals surface area (Å²) in [5, 5.41) is 28.8. The second-order valence-electron chi connectivity index (χ2n) is 5.91. The zero-order valence-corrected chi connectivity index (χ0v) is 15.3. The first-order valence-electron chi connectivity index (χ1n) is 8.84. The smallest absolute Gasteiger partial charge is 0.129 e. The lowest BCUT2D eigenvalue weighted by Gasteiger charge is -2.02. The van der Waals surface area contributed by atoms with E-state index in [0.717, 1.165) is 0 Å². The van der Waals surface area contributed by atoms with Crippen LogP contribution < -0.4 is 0 Å². The SMILES string of the molecule is CC[C@@H](O)C=CC=CC[C@@H](O)C=CC=CC=C[C@@H](O)CCCC(C)=O. The number of carbonyl (C=O) groups is 1. The number of rotatable bonds is 13. The first-order valence-corrected chi connectivity index (χ1v) is 8.84. The molecule has 0 saturated carbocycles. The van der Waals surface area contributed by atoms with Gasteiger partial charge >= 0.3 is 0 Å². The number of aliphatic hydroxyl groups excluding tert-OH is 3. The lowest BCUT2D eigenvalue weighted by molar-refractivity contribution is -0.117. The van der Waals surface area contributed by atoms with E-state index in [4.69, 9.17) is 0 Å². The minimum absolute atomic E-state index is 0.143. The van der Waals surface area contributed by atoms with Gasteiger partial charge in [0.05, 0.1) is 18.3 Å². The first-order chi connectivity index (χ1) is 12.0. The van der Waals surface area contributed by atoms with Crippen LogP contribution in [0.1, 0.15) is 46.0 Å². The lowest BCUT2D eigenvalue weighted by Crippen LogP contribution is -2.02. The van der Waals surface area contributed by atoms with E-state index in [2.05, 4.69) is 0 Å². The van der Waals surface area contributed by atoms with Gasteiger partial charge in [-0.25, -0.2) is 0 Å². The first kappa shape index (κ1) is 23.2. The molecule has 3 N–H and O–H groups in total. The van der Waals surface area contributed by atoms with Gasteiger partial charge in [-0.3, -0.25) is 0 Å². The van der Waals surface area contributed by atoms with Gasteiger partial charge in [-0.05, 0) is 32.6 Å². The fraction of sp³-hybridized carbons (Fsp3) is 0.476. The van der Waals surface area contributed by atoms with E-state index in [1.54, 1.807) is 55.5 Å². The molecule has 0 spiro atoms. The van der Waals surface area contributed by atoms with Gasteiger partial charge in [0, 0.05) is 6.42 Å². The van der Waals surface area contributed by atoms with Crippen molar-refractivity contribution in [3.8, 4) is 0 Å². The summed E-state index contributed by atoms with van der Waals surface area (Å²) in [6, 6.07) is 0. The summed E-state index contributed by atoms with van der Waals surface area (Å²) in [6.07, 6.45) is 19.0. The average molecular weight is 348 g/mol. The van der Waals surface area contributed by atoms with E-state index in [1.807, 2.05) is 19.1 Å². The number of hydrogen-bond donors (Lipinski definition) is 3. The predicted octanol–water partition coefficient (Wildman–Crippen LogP) is 3.41. The number of ketones is 1. The molecule has 0 rings (SSSR count). The molecule has 4 heteroatoms. The molecule has 0 aromatic rings. The summed E-state index contributed by atoms with van der Waals surface area (Å²) in [4.78, 5) is 10.8. The van der Waals surface area contributed by atoms with Gasteiger partial charge in [0.1, 0.15) is 5.78 Å². The van der Waals surface area contributed by atoms with Crippen LogP contribution in [0.3, 0.4) is 0 Å². The Morgan fingerprint density at radius 1 is 0.840 bits per heavy atom. The highest BCUT2D eigenvalue weighted by Crippen LogP contribution is 2.03. The fourth-order valence-corrected chi connectivity index (χ4v) is 1.87. The highest BCUT2D eigenvalue weighted by atomic mass is 16.3. The Labute approximate surface area is 151 Å². The number of carbonyl (C=O) groups excluding carboxylic acids is 1. The van der Waals surface area contributed by atoms with Gasteiger partial charge in [-0.15, -0.1) is 0 Å². The Balaban J connectivity index is 3.95. The maximum Gasteiger partial charge on any atom is 0.129 e. The average Bonchev–Trinajstić information content (AvgIpc) is 2.57. The number of allylic oxidation sites excluding steroid dienone is 6. The van der Waals surface area contributed by atoms with Gasteiger partial charge in [-0.2, -0.15) is 0 Å². The predicted molar refractivity (Wildman–Crippen MR) is 103 cm³/mol. The summed E-state index contributed by atoms with van der Waals surface area (Å²) in [5.74, 6) is 0.143. The molecule has 0 aliphatic heterocycles. The number of hydrogen-bond acceptors (Lipinski definition) is 4. The Bertz CT molecular complexity index is 486. The molecule has 140 valence electrons. The van der Waals surface area contributed by atoms with E-state index >= 15 is 0 Å². The van der Waals surface area contributed by atoms with Gasteiger partial charge in [-0.1, -0.05) is 67.7 Å². The van der Waals surface area contributed by atoms with Crippen molar-refractivity contribution in [1.29, 1.82) is 0 Å². The Hall–Kier alpha value is -1.75. The van der Waals surface area contributed by atoms with Gasteiger partial charge in [0.2, 0.25) is 0 Å². The zero-order chi connectivity index (χ0) is 18.9. The van der Waals surface area contributed by atoms with Crippen LogP contribution in [0.15, 0.2) is 60.8 Å². The maximum atomic E-state index is 10.8. The highest BCUT2D eigenvalue weighted by molar-refractivity contribution is 5.75. The third-order valence-electron chi connectivity index (χ3n) is 3.40. The highest BCUT2D eigenvalue weighted by Gasteiger charge is 1.99. The van der Waals surface area contributed by atoms with E-state index in [1.165, 1.54) is 0 Å². The molecular weight excluding hydrogens is 316 g/mol. The Morgan fingerprint density at radius 3 is 2.00 bits per heavy atom. The van der Waals surface area contributed by atoms with Crippen LogP contribution >= 0.6 is 0 Å². The molecule has 0 fully saturated rings. The molecule has 0 bridgehead atoms. The van der Waals surface area contributed by atoms with Gasteiger partial charge < -0.3 is 20.1 Å². The molecule has 0 heterocycles. The second kappa shape index (κ2) is 15.8. The van der Waals surface area contributed by atoms with Crippen molar-refractivity contribution in [3.63, 3.8) is 0 Å². The minimum Gasteiger partial charge on any atom is -0.389 e. The molecule has 0 aliphatic carbocycles. The van der Waals surface area contributed by atoms with E-state index < -0.39 is 18.3 Å². The standard InChI is InChI=1S/C21H32O4/c1-3-19(23)13-9-6-10-16-20(24)14-7-4-5-8-15-21(25)17-11-12-18(2)22/h4-10,13-15,19-21,23-25H,3,11-12,16-17H2,1-2H3/t19-,20+,21-/m1/s1. The van der Waals surface area contributed by atoms with Gasteiger partial charge in [0.25, 0.3) is 0 Å². The number of Topliss-reactive ketones (excluding diaryl/α,β-unsaturated/α-hetero) is 1. The van der Waals surface area contributed by atoms with Crippen LogP contribution in [0.4, 0.5) is 0 Å². The summed E-state index contributed by atoms with van der Waals surface area (Å²) in [7, 11) is 0. The summed E-state index contributed by atoms with van der Waals surface area (Å²) >= 11 is 0. The molecule has 25 heavy (non-hydrogen) atoms. The largest absolute Gasteiger partial charge is 0.389 e. The molecule has 3 atom stereocenters. The topological polar surface area (TPSA) is 77.8 Å². The molecule has 0 radical (unpaired) electrons. The Kier molecular flexibility index (Phi) is 14.7. The molecule has 0 aliphatic rings. The van der Waals surface area contributed by atoms with Crippen LogP contribution in [-0.4, -0.2) is 39.4 Å². The third kappa shape index (κ3) is 16.9. The zero-order valence-electron chi connectivity index (χ0n) is 15.3. The normalized spacial score (nSPS) is 16.7. The van der Waals surface area contributed by atoms with Crippen molar-refractivity contribution >= 4 is 5.78 Å². The maximum absolute atomic E-state index is 10.8. The van der Waals surface area contributed by atoms with Crippen LogP contribution in [0.2, 0.25) is 0 Å². The molecule has 0 unspecified atom stereocenters. The molecular formula is C21H32O4. The molecule has 0 saturated heterocycles. The fourth-order valence-electron chi connectivity index (χ4n) is 1.87. The van der Waals surface area contributed by atoms with Crippen molar-refractivity contribution in [2.24, 2.45) is 0 Å². The van der Waals surface area contributed by atoms with Crippen molar-refractivity contribution in [1.82, 2.24) is 0 Å². The van der Waals surface area contributed by atoms with E-state index in [0.29, 0.717) is 32.1 Å². The molecule has 4 nitrogen and oxygen atoms in total. The molecule has 0 amide bonds. The van der Waals surface area contributed by atoms with Crippen LogP contribution in [0.25, 0.3) is 0 Å². The van der Waals surface area contributed by atoms with Crippen molar-refractivity contribution in [2.45, 2.75) is 64.3 Å². The third-order valence-corrected chi connectivity index (χ3v) is 3.40. The monoisotopic (exact) mass is 348 g/mol. The summed E-state index contributed by atoms with van der Waals surface area (Å²) in [6.45, 7) is 3.46. The number of aliphatic hydroxyl groups is 3. The van der Waals surface area contributed by atoms with Crippen LogP contribution in [0.5, 0.6) is 0 Å². The minimum atomic E-state index is -0.563. The summed E-state index contributed by atoms with van der Waals surface area (Å²) in [5.41, 5.74) is 0. The van der Waals surface area contributed by atoms with E-state index in [-0.39, 0.29) is 5.78 Å². The van der Waals surface area contributed by atoms with Crippen molar-refractivity contribution < 1.29 is 20.1 Å². The quantitative estimate of drug-likeness (QED) is 0.446. The summed E-state index contributed by atoms with van der Waals surface area (Å²) < 4.78 is 0. The van der Waals surface area contributed by atoms with Crippen molar-refractivity contribution in [3.05, 3.63) is 60.8 Å². The van der Waals surface area contributed by atoms with Gasteiger partial charge in [0.15, 0.2) is 0 Å². The van der Waals surface area contributed by atoms with Crippen LogP contribution in [0, 0.1) is 0 Å². The van der Waals surface area contributed by atoms with Crippen molar-refractivity contribution in [2.75, 3.05) is 0 Å². The second-order valence-corrected chi connectivity index (χ2v) is 5.91. The molecule has 0 aromatic carbocycles. The lowest BCUT2D eigenvalue weighted by atomic mass is 10.1. The van der Waals surface area contributed by atoms with E-state index in [9.17, 15) is 20.1 Å².